The predicted molar refractivity (Wildman–Crippen MR) is 115 cm³/mol. The van der Waals surface area contributed by atoms with Crippen molar-refractivity contribution in [2.45, 2.75) is 20.8 Å². The Balaban J connectivity index is 0. The van der Waals surface area contributed by atoms with Gasteiger partial charge < -0.3 is 14.9 Å². The van der Waals surface area contributed by atoms with Gasteiger partial charge in [0.25, 0.3) is 0 Å². The summed E-state index contributed by atoms with van der Waals surface area (Å²) in [5, 5.41) is 0. The first-order valence-corrected chi connectivity index (χ1v) is 8.42. The number of aryl methyl sites for hydroxylation is 1. The quantitative estimate of drug-likeness (QED) is 0.224. The van der Waals surface area contributed by atoms with Gasteiger partial charge in [-0.2, -0.15) is 0 Å². The predicted octanol–water partition coefficient (Wildman–Crippen LogP) is 5.98. The summed E-state index contributed by atoms with van der Waals surface area (Å²) in [5.74, 6) is 0. The molecule has 0 aliphatic rings. The van der Waals surface area contributed by atoms with Crippen molar-refractivity contribution in [2.75, 3.05) is 0 Å². The number of nitrogens with zero attached hydrogens (tertiary/aromatic N) is 4. The molecule has 0 saturated heterocycles. The molecule has 0 bridgehead atoms. The summed E-state index contributed by atoms with van der Waals surface area (Å²) >= 11 is 0. The summed E-state index contributed by atoms with van der Waals surface area (Å²) in [4.78, 5) is 18.5. The molecule has 154 valence electrons. The number of hydrogen-bond acceptors (Lipinski definition) is 4. The van der Waals surface area contributed by atoms with Gasteiger partial charge in [-0.15, -0.1) is 0 Å². The van der Waals surface area contributed by atoms with Crippen LogP contribution in [0.25, 0.3) is 33.8 Å². The molecule has 4 aromatic rings. The molecule has 6 heteroatoms. The zero-order valence-corrected chi connectivity index (χ0v) is 20.8. The fraction of sp³-hybridized carbons (Fsp3) is 0.130. The van der Waals surface area contributed by atoms with Crippen LogP contribution in [0.5, 0.6) is 0 Å². The van der Waals surface area contributed by atoms with Crippen molar-refractivity contribution < 1.29 is 39.0 Å². The van der Waals surface area contributed by atoms with Gasteiger partial charge in [0.2, 0.25) is 0 Å². The molecular weight excluding hydrogens is 534 g/mol. The molecule has 4 rings (SSSR count). The van der Waals surface area contributed by atoms with Gasteiger partial charge in [0.05, 0.1) is 22.4 Å². The molecule has 1 aromatic carbocycles. The Hall–Kier alpha value is -1.89. The Kier molecular flexibility index (Phi) is 14.3. The topological polar surface area (TPSA) is 51.6 Å². The van der Waals surface area contributed by atoms with Crippen LogP contribution in [0.15, 0.2) is 67.0 Å². The summed E-state index contributed by atoms with van der Waals surface area (Å²) in [6, 6.07) is 17.6. The standard InChI is InChI=1S/C19H14N4.C2H6.2CH3.2Ru/c1-13-8-9-14-17(12-13)23-19(16-7-3-5-11-21-16)18(22-14)15-6-2-4-10-20-15;1-2;;;;/h2-12H,1H3;1-2H3;2*1H3;;/q;;2*-1;2*+1. The number of pyridine rings is 2. The van der Waals surface area contributed by atoms with Crippen molar-refractivity contribution >= 4 is 11.0 Å². The summed E-state index contributed by atoms with van der Waals surface area (Å²) in [5.41, 5.74) is 5.97. The second kappa shape index (κ2) is 14.1. The van der Waals surface area contributed by atoms with E-state index >= 15 is 0 Å². The third kappa shape index (κ3) is 6.84. The SMILES string of the molecule is CC.Cc1ccc2nc(-c3ccccn3)c(-c3ccccn3)nc2c1.[CH3-].[CH3-].[Ru+].[Ru+]. The average molecular weight is 561 g/mol. The minimum Gasteiger partial charge on any atom is -0.358 e. The van der Waals surface area contributed by atoms with Crippen molar-refractivity contribution in [1.82, 2.24) is 19.9 Å². The summed E-state index contributed by atoms with van der Waals surface area (Å²) < 4.78 is 0. The Morgan fingerprint density at radius 3 is 1.55 bits per heavy atom. The van der Waals surface area contributed by atoms with Gasteiger partial charge in [-0.1, -0.05) is 32.0 Å². The maximum absolute atomic E-state index is 4.82. The molecule has 0 spiro atoms. The molecule has 0 unspecified atom stereocenters. The molecule has 0 saturated carbocycles. The molecule has 0 atom stereocenters. The Labute approximate surface area is 200 Å². The number of hydrogen-bond donors (Lipinski definition) is 0. The molecule has 0 aliphatic carbocycles. The number of fused-ring (bicyclic) bond motifs is 1. The summed E-state index contributed by atoms with van der Waals surface area (Å²) in [7, 11) is 0. The maximum Gasteiger partial charge on any atom is 1.00 e. The van der Waals surface area contributed by atoms with Crippen LogP contribution in [0, 0.1) is 21.8 Å². The third-order valence-corrected chi connectivity index (χ3v) is 3.63. The number of aromatic nitrogens is 4. The normalized spacial score (nSPS) is 8.79. The molecule has 3 heterocycles. The van der Waals surface area contributed by atoms with Crippen LogP contribution < -0.4 is 0 Å². The number of benzene rings is 1. The maximum atomic E-state index is 4.82. The van der Waals surface area contributed by atoms with Gasteiger partial charge >= 0.3 is 39.0 Å². The van der Waals surface area contributed by atoms with Crippen molar-refractivity contribution in [3.8, 4) is 22.8 Å². The zero-order chi connectivity index (χ0) is 17.6. The van der Waals surface area contributed by atoms with Crippen LogP contribution in [-0.4, -0.2) is 19.9 Å². The van der Waals surface area contributed by atoms with Crippen molar-refractivity contribution in [3.63, 3.8) is 0 Å². The molecule has 29 heavy (non-hydrogen) atoms. The van der Waals surface area contributed by atoms with Crippen LogP contribution in [0.3, 0.4) is 0 Å². The van der Waals surface area contributed by atoms with Gasteiger partial charge in [0.15, 0.2) is 0 Å². The molecule has 4 nitrogen and oxygen atoms in total. The summed E-state index contributed by atoms with van der Waals surface area (Å²) in [6.45, 7) is 6.05. The van der Waals surface area contributed by atoms with E-state index in [0.29, 0.717) is 0 Å². The Morgan fingerprint density at radius 2 is 1.10 bits per heavy atom. The van der Waals surface area contributed by atoms with E-state index in [1.165, 1.54) is 0 Å². The molecule has 0 amide bonds. The van der Waals surface area contributed by atoms with Crippen LogP contribution in [0.4, 0.5) is 0 Å². The van der Waals surface area contributed by atoms with E-state index in [9.17, 15) is 0 Å². The van der Waals surface area contributed by atoms with E-state index in [-0.39, 0.29) is 53.8 Å². The first kappa shape index (κ1) is 29.3. The van der Waals surface area contributed by atoms with Gasteiger partial charge in [-0.05, 0) is 48.9 Å². The van der Waals surface area contributed by atoms with E-state index in [1.54, 1.807) is 12.4 Å². The Morgan fingerprint density at radius 1 is 0.621 bits per heavy atom. The third-order valence-electron chi connectivity index (χ3n) is 3.63. The fourth-order valence-electron chi connectivity index (χ4n) is 2.53. The number of rotatable bonds is 2. The van der Waals surface area contributed by atoms with Gasteiger partial charge in [0.1, 0.15) is 11.4 Å². The molecule has 0 N–H and O–H groups in total. The minimum absolute atomic E-state index is 0. The first-order chi connectivity index (χ1) is 12.3. The van der Waals surface area contributed by atoms with Crippen LogP contribution >= 0.6 is 0 Å². The second-order valence-corrected chi connectivity index (χ2v) is 5.34. The average Bonchev–Trinajstić information content (AvgIpc) is 2.70. The monoisotopic (exact) mass is 562 g/mol. The Bertz CT molecular complexity index is 978. The van der Waals surface area contributed by atoms with Crippen molar-refractivity contribution in [3.05, 3.63) is 87.4 Å². The fourth-order valence-corrected chi connectivity index (χ4v) is 2.53. The molecular formula is C23H26N4Ru2. The minimum atomic E-state index is 0. The molecule has 0 fully saturated rings. The van der Waals surface area contributed by atoms with Crippen LogP contribution in [0.1, 0.15) is 19.4 Å². The van der Waals surface area contributed by atoms with E-state index in [0.717, 1.165) is 39.4 Å². The smallest absolute Gasteiger partial charge is 0.358 e. The van der Waals surface area contributed by atoms with E-state index in [2.05, 4.69) is 9.97 Å². The second-order valence-electron chi connectivity index (χ2n) is 5.34. The van der Waals surface area contributed by atoms with Gasteiger partial charge in [-0.25, -0.2) is 9.97 Å². The van der Waals surface area contributed by atoms with E-state index in [1.807, 2.05) is 75.4 Å². The van der Waals surface area contributed by atoms with Crippen molar-refractivity contribution in [2.24, 2.45) is 0 Å². The largest absolute Gasteiger partial charge is 1.00 e. The van der Waals surface area contributed by atoms with Crippen LogP contribution in [0.2, 0.25) is 0 Å². The van der Waals surface area contributed by atoms with Crippen LogP contribution in [-0.2, 0) is 39.0 Å². The molecule has 3 aromatic heterocycles. The summed E-state index contributed by atoms with van der Waals surface area (Å²) in [6.07, 6.45) is 3.53. The van der Waals surface area contributed by atoms with Gasteiger partial charge in [-0.3, -0.25) is 9.97 Å². The van der Waals surface area contributed by atoms with E-state index in [4.69, 9.17) is 9.97 Å². The molecule has 2 radical (unpaired) electrons. The van der Waals surface area contributed by atoms with Gasteiger partial charge in [0, 0.05) is 12.4 Å². The first-order valence-electron chi connectivity index (χ1n) is 8.42. The van der Waals surface area contributed by atoms with E-state index < -0.39 is 0 Å². The van der Waals surface area contributed by atoms with Crippen molar-refractivity contribution in [1.29, 1.82) is 0 Å². The molecule has 0 aliphatic heterocycles. The zero-order valence-electron chi connectivity index (χ0n) is 17.3.